The fourth-order valence-corrected chi connectivity index (χ4v) is 6.12. The lowest BCUT2D eigenvalue weighted by Crippen LogP contribution is -2.53. The molecule has 39 heavy (non-hydrogen) atoms. The number of imidazole rings is 1. The number of hydrogen-bond acceptors (Lipinski definition) is 7. The van der Waals surface area contributed by atoms with Gasteiger partial charge in [-0.2, -0.15) is 0 Å². The molecule has 11 heteroatoms. The second kappa shape index (κ2) is 10.3. The van der Waals surface area contributed by atoms with Crippen molar-refractivity contribution in [1.29, 1.82) is 0 Å². The molecule has 0 bridgehead atoms. The Labute approximate surface area is 229 Å². The molecule has 2 aliphatic rings. The molecule has 4 aromatic rings. The van der Waals surface area contributed by atoms with E-state index < -0.39 is 0 Å². The lowest BCUT2D eigenvalue weighted by molar-refractivity contribution is -0.134. The van der Waals surface area contributed by atoms with Crippen molar-refractivity contribution in [3.8, 4) is 11.3 Å². The molecule has 1 unspecified atom stereocenters. The predicted molar refractivity (Wildman–Crippen MR) is 150 cm³/mol. The van der Waals surface area contributed by atoms with Crippen LogP contribution in [0.25, 0.3) is 16.9 Å². The third kappa shape index (κ3) is 4.82. The number of nitrogens with one attached hydrogen (secondary N) is 1. The fraction of sp³-hybridized carbons (Fsp3) is 0.357. The Morgan fingerprint density at radius 2 is 1.90 bits per heavy atom. The number of pyridine rings is 1. The van der Waals surface area contributed by atoms with Gasteiger partial charge in [0.15, 0.2) is 5.13 Å². The van der Waals surface area contributed by atoms with Crippen molar-refractivity contribution in [3.63, 3.8) is 0 Å². The molecule has 1 atom stereocenters. The van der Waals surface area contributed by atoms with E-state index in [1.54, 1.807) is 12.1 Å². The van der Waals surface area contributed by atoms with Gasteiger partial charge in [0.1, 0.15) is 23.3 Å². The summed E-state index contributed by atoms with van der Waals surface area (Å²) in [5.41, 5.74) is 4.57. The highest BCUT2D eigenvalue weighted by atomic mass is 32.1. The minimum atomic E-state index is -0.383. The van der Waals surface area contributed by atoms with Crippen LogP contribution in [0.15, 0.2) is 48.0 Å². The summed E-state index contributed by atoms with van der Waals surface area (Å²) in [5, 5.41) is 5.59. The molecular formula is C28H30FN7O2S. The molecule has 1 aromatic carbocycles. The van der Waals surface area contributed by atoms with Gasteiger partial charge in [0, 0.05) is 56.8 Å². The molecule has 5 heterocycles. The number of amides is 2. The first-order valence-electron chi connectivity index (χ1n) is 13.2. The lowest BCUT2D eigenvalue weighted by atomic mass is 10.2. The molecule has 0 saturated carbocycles. The summed E-state index contributed by atoms with van der Waals surface area (Å²) in [4.78, 5) is 40.3. The molecule has 0 radical (unpaired) electrons. The normalized spacial score (nSPS) is 17.6. The fourth-order valence-electron chi connectivity index (χ4n) is 5.32. The van der Waals surface area contributed by atoms with Crippen molar-refractivity contribution in [1.82, 2.24) is 24.6 Å². The molecule has 2 saturated heterocycles. The van der Waals surface area contributed by atoms with Gasteiger partial charge >= 0.3 is 0 Å². The van der Waals surface area contributed by atoms with E-state index in [0.717, 1.165) is 45.7 Å². The van der Waals surface area contributed by atoms with Crippen LogP contribution in [0.2, 0.25) is 0 Å². The monoisotopic (exact) mass is 547 g/mol. The number of aryl methyl sites for hydroxylation is 1. The van der Waals surface area contributed by atoms with Crippen molar-refractivity contribution in [2.45, 2.75) is 32.2 Å². The van der Waals surface area contributed by atoms with Crippen LogP contribution >= 0.6 is 11.3 Å². The number of fused-ring (bicyclic) bond motifs is 1. The van der Waals surface area contributed by atoms with Crippen LogP contribution in [-0.2, 0) is 16.0 Å². The van der Waals surface area contributed by atoms with Gasteiger partial charge in [-0.1, -0.05) is 6.92 Å². The number of hydrogen-bond donors (Lipinski definition) is 1. The zero-order valence-corrected chi connectivity index (χ0v) is 22.7. The largest absolute Gasteiger partial charge is 0.367 e. The smallest absolute Gasteiger partial charge is 0.245 e. The summed E-state index contributed by atoms with van der Waals surface area (Å²) >= 11 is 1.53. The zero-order chi connectivity index (χ0) is 27.1. The number of benzene rings is 1. The van der Waals surface area contributed by atoms with Crippen LogP contribution < -0.4 is 15.1 Å². The van der Waals surface area contributed by atoms with Crippen LogP contribution in [0.1, 0.15) is 25.5 Å². The number of aromatic nitrogens is 3. The summed E-state index contributed by atoms with van der Waals surface area (Å²) in [6.45, 7) is 4.75. The van der Waals surface area contributed by atoms with E-state index in [2.05, 4.69) is 38.7 Å². The highest BCUT2D eigenvalue weighted by Gasteiger charge is 2.32. The SMILES string of the molecule is CCc1nc2ccc(N3CCN(C(=O)C4CCC(=O)N4)CC3)cn2c1N(C)c1nc(-c2ccc(F)cc2)cs1. The van der Waals surface area contributed by atoms with Crippen molar-refractivity contribution < 1.29 is 14.0 Å². The first kappa shape index (κ1) is 25.3. The Morgan fingerprint density at radius 3 is 2.59 bits per heavy atom. The molecule has 6 rings (SSSR count). The highest BCUT2D eigenvalue weighted by molar-refractivity contribution is 7.14. The van der Waals surface area contributed by atoms with Gasteiger partial charge in [-0.05, 0) is 49.2 Å². The first-order chi connectivity index (χ1) is 18.9. The highest BCUT2D eigenvalue weighted by Crippen LogP contribution is 2.34. The Balaban J connectivity index is 1.23. The van der Waals surface area contributed by atoms with E-state index in [-0.39, 0.29) is 23.7 Å². The topological polar surface area (TPSA) is 86.1 Å². The molecule has 9 nitrogen and oxygen atoms in total. The number of nitrogens with zero attached hydrogens (tertiary/aromatic N) is 6. The van der Waals surface area contributed by atoms with E-state index in [0.29, 0.717) is 39.0 Å². The van der Waals surface area contributed by atoms with Gasteiger partial charge < -0.3 is 20.0 Å². The standard InChI is InChI=1S/C28H30FN7O2S/c1-3-21-26(33(2)28-32-23(17-39-28)18-4-6-19(29)7-5-18)36-16-20(8-10-24(36)30-21)34-12-14-35(15-13-34)27(38)22-9-11-25(37)31-22/h4-8,10,16-17,22H,3,9,11-15H2,1-2H3,(H,31,37). The molecule has 2 amide bonds. The zero-order valence-electron chi connectivity index (χ0n) is 21.9. The van der Waals surface area contributed by atoms with Crippen LogP contribution in [-0.4, -0.2) is 70.4 Å². The van der Waals surface area contributed by atoms with Crippen molar-refractivity contribution >= 4 is 45.4 Å². The second-order valence-corrected chi connectivity index (χ2v) is 10.7. The number of carbonyl (C=O) groups is 2. The van der Waals surface area contributed by atoms with Crippen molar-refractivity contribution in [2.24, 2.45) is 0 Å². The molecule has 0 spiro atoms. The Morgan fingerprint density at radius 1 is 1.13 bits per heavy atom. The van der Waals surface area contributed by atoms with Gasteiger partial charge in [0.2, 0.25) is 11.8 Å². The molecule has 2 fully saturated rings. The van der Waals surface area contributed by atoms with E-state index in [1.807, 2.05) is 23.4 Å². The maximum Gasteiger partial charge on any atom is 0.245 e. The Bertz CT molecular complexity index is 1520. The minimum Gasteiger partial charge on any atom is -0.367 e. The maximum atomic E-state index is 13.4. The third-order valence-corrected chi connectivity index (χ3v) is 8.39. The Hall–Kier alpha value is -3.99. The number of carbonyl (C=O) groups excluding carboxylic acids is 2. The van der Waals surface area contributed by atoms with Crippen molar-refractivity contribution in [2.75, 3.05) is 43.0 Å². The summed E-state index contributed by atoms with van der Waals surface area (Å²) < 4.78 is 15.5. The minimum absolute atomic E-state index is 0.0190. The van der Waals surface area contributed by atoms with Crippen LogP contribution in [0.4, 0.5) is 21.0 Å². The molecule has 202 valence electrons. The van der Waals surface area contributed by atoms with E-state index >= 15 is 0 Å². The maximum absolute atomic E-state index is 13.4. The van der Waals surface area contributed by atoms with E-state index in [4.69, 9.17) is 9.97 Å². The number of halogens is 1. The summed E-state index contributed by atoms with van der Waals surface area (Å²) in [7, 11) is 1.99. The average molecular weight is 548 g/mol. The van der Waals surface area contributed by atoms with Gasteiger partial charge in [-0.15, -0.1) is 11.3 Å². The van der Waals surface area contributed by atoms with Crippen molar-refractivity contribution in [3.05, 3.63) is 59.5 Å². The molecule has 3 aromatic heterocycles. The van der Waals surface area contributed by atoms with Gasteiger partial charge in [-0.25, -0.2) is 14.4 Å². The van der Waals surface area contributed by atoms with E-state index in [1.165, 1.54) is 23.5 Å². The Kier molecular flexibility index (Phi) is 6.68. The molecule has 1 N–H and O–H groups in total. The number of piperazine rings is 1. The van der Waals surface area contributed by atoms with Crippen LogP contribution in [0, 0.1) is 5.82 Å². The van der Waals surface area contributed by atoms with Gasteiger partial charge in [-0.3, -0.25) is 14.0 Å². The average Bonchev–Trinajstić information content (AvgIpc) is 3.71. The van der Waals surface area contributed by atoms with Gasteiger partial charge in [0.25, 0.3) is 0 Å². The molecule has 2 aliphatic heterocycles. The number of anilines is 3. The quantitative estimate of drug-likeness (QED) is 0.395. The summed E-state index contributed by atoms with van der Waals surface area (Å²) in [6.07, 6.45) is 3.88. The van der Waals surface area contributed by atoms with Gasteiger partial charge in [0.05, 0.1) is 17.1 Å². The number of thiazole rings is 1. The van der Waals surface area contributed by atoms with E-state index in [9.17, 15) is 14.0 Å². The summed E-state index contributed by atoms with van der Waals surface area (Å²) in [5.74, 6) is 0.665. The van der Waals surface area contributed by atoms with Crippen LogP contribution in [0.3, 0.4) is 0 Å². The summed E-state index contributed by atoms with van der Waals surface area (Å²) in [6, 6.07) is 10.1. The van der Waals surface area contributed by atoms with Crippen LogP contribution in [0.5, 0.6) is 0 Å². The second-order valence-electron chi connectivity index (χ2n) is 9.90. The molecule has 0 aliphatic carbocycles. The molecular weight excluding hydrogens is 517 g/mol. The lowest BCUT2D eigenvalue weighted by Gasteiger charge is -2.37. The predicted octanol–water partition coefficient (Wildman–Crippen LogP) is 3.85. The number of rotatable bonds is 6. The first-order valence-corrected chi connectivity index (χ1v) is 14.1. The third-order valence-electron chi connectivity index (χ3n) is 7.47.